The third-order valence-corrected chi connectivity index (χ3v) is 6.51. The largest absolute Gasteiger partial charge is 0.478 e. The molecule has 0 aliphatic carbocycles. The standard InChI is InChI=1S/C26H25ClN2O4S/c1-2-3-12-23(30)28-18-10-7-11-20(15-18)34-24(17-8-5-4-6-9-17)25(31)29-19-13-14-22(27)21(16-19)26(32)33/h4-11,13-16,24H,2-3,12H2,1H3,(H,28,30)(H,29,31)(H,32,33). The third-order valence-electron chi connectivity index (χ3n) is 4.93. The highest BCUT2D eigenvalue weighted by atomic mass is 35.5. The number of anilines is 2. The first-order valence-corrected chi connectivity index (χ1v) is 12.1. The first-order valence-electron chi connectivity index (χ1n) is 10.8. The molecule has 0 radical (unpaired) electrons. The third kappa shape index (κ3) is 7.10. The summed E-state index contributed by atoms with van der Waals surface area (Å²) < 4.78 is 0. The highest BCUT2D eigenvalue weighted by Crippen LogP contribution is 2.37. The van der Waals surface area contributed by atoms with Gasteiger partial charge in [0.05, 0.1) is 10.6 Å². The molecule has 0 fully saturated rings. The quantitative estimate of drug-likeness (QED) is 0.273. The number of rotatable bonds is 10. The number of hydrogen-bond donors (Lipinski definition) is 3. The Morgan fingerprint density at radius 2 is 1.68 bits per heavy atom. The van der Waals surface area contributed by atoms with Crippen molar-refractivity contribution in [1.82, 2.24) is 0 Å². The molecule has 0 aromatic heterocycles. The maximum Gasteiger partial charge on any atom is 0.337 e. The predicted octanol–water partition coefficient (Wildman–Crippen LogP) is 6.64. The molecular formula is C26H25ClN2O4S. The van der Waals surface area contributed by atoms with Crippen LogP contribution in [-0.4, -0.2) is 22.9 Å². The molecule has 3 aromatic rings. The number of nitrogens with one attached hydrogen (secondary N) is 2. The van der Waals surface area contributed by atoms with Crippen LogP contribution in [0.25, 0.3) is 0 Å². The fraction of sp³-hybridized carbons (Fsp3) is 0.192. The van der Waals surface area contributed by atoms with E-state index in [4.69, 9.17) is 11.6 Å². The van der Waals surface area contributed by atoms with E-state index in [0.717, 1.165) is 23.3 Å². The van der Waals surface area contributed by atoms with Crippen LogP contribution in [0.4, 0.5) is 11.4 Å². The van der Waals surface area contributed by atoms with Crippen LogP contribution in [0.1, 0.15) is 47.4 Å². The van der Waals surface area contributed by atoms with Gasteiger partial charge in [0.2, 0.25) is 11.8 Å². The molecular weight excluding hydrogens is 472 g/mol. The Morgan fingerprint density at radius 1 is 0.941 bits per heavy atom. The molecule has 0 bridgehead atoms. The monoisotopic (exact) mass is 496 g/mol. The second-order valence-corrected chi connectivity index (χ2v) is 9.16. The van der Waals surface area contributed by atoms with E-state index in [9.17, 15) is 19.5 Å². The summed E-state index contributed by atoms with van der Waals surface area (Å²) in [6.45, 7) is 2.03. The number of benzene rings is 3. The van der Waals surface area contributed by atoms with E-state index < -0.39 is 11.2 Å². The molecule has 3 aromatic carbocycles. The van der Waals surface area contributed by atoms with Crippen LogP contribution in [0.15, 0.2) is 77.7 Å². The van der Waals surface area contributed by atoms with Gasteiger partial charge in [-0.25, -0.2) is 4.79 Å². The van der Waals surface area contributed by atoms with E-state index >= 15 is 0 Å². The van der Waals surface area contributed by atoms with Crippen molar-refractivity contribution in [1.29, 1.82) is 0 Å². The normalized spacial score (nSPS) is 11.5. The van der Waals surface area contributed by atoms with Gasteiger partial charge in [0.1, 0.15) is 5.25 Å². The van der Waals surface area contributed by atoms with Crippen LogP contribution >= 0.6 is 23.4 Å². The summed E-state index contributed by atoms with van der Waals surface area (Å²) in [6.07, 6.45) is 2.23. The minimum absolute atomic E-state index is 0.0432. The van der Waals surface area contributed by atoms with Crippen LogP contribution in [0.2, 0.25) is 5.02 Å². The average molecular weight is 497 g/mol. The molecule has 0 saturated heterocycles. The first-order chi connectivity index (χ1) is 16.4. The number of thioether (sulfide) groups is 1. The van der Waals surface area contributed by atoms with E-state index in [2.05, 4.69) is 10.6 Å². The molecule has 8 heteroatoms. The van der Waals surface area contributed by atoms with Crippen molar-refractivity contribution in [3.63, 3.8) is 0 Å². The zero-order chi connectivity index (χ0) is 24.5. The number of carbonyl (C=O) groups is 3. The molecule has 0 spiro atoms. The zero-order valence-corrected chi connectivity index (χ0v) is 20.2. The molecule has 6 nitrogen and oxygen atoms in total. The number of carboxylic acid groups (broad SMARTS) is 1. The second-order valence-electron chi connectivity index (χ2n) is 7.58. The van der Waals surface area contributed by atoms with Gasteiger partial charge in [-0.3, -0.25) is 9.59 Å². The molecule has 1 unspecified atom stereocenters. The molecule has 176 valence electrons. The minimum atomic E-state index is -1.17. The van der Waals surface area contributed by atoms with Gasteiger partial charge >= 0.3 is 5.97 Å². The predicted molar refractivity (Wildman–Crippen MR) is 137 cm³/mol. The van der Waals surface area contributed by atoms with E-state index in [-0.39, 0.29) is 22.4 Å². The molecule has 0 aliphatic rings. The number of unbranched alkanes of at least 4 members (excludes halogenated alkanes) is 1. The van der Waals surface area contributed by atoms with Crippen molar-refractivity contribution in [3.05, 3.63) is 88.9 Å². The number of amides is 2. The van der Waals surface area contributed by atoms with Crippen LogP contribution in [-0.2, 0) is 9.59 Å². The maximum absolute atomic E-state index is 13.3. The number of hydrogen-bond acceptors (Lipinski definition) is 4. The van der Waals surface area contributed by atoms with Crippen molar-refractivity contribution < 1.29 is 19.5 Å². The summed E-state index contributed by atoms with van der Waals surface area (Å²) in [5.41, 5.74) is 1.71. The van der Waals surface area contributed by atoms with Crippen LogP contribution < -0.4 is 10.6 Å². The fourth-order valence-electron chi connectivity index (χ4n) is 3.22. The summed E-state index contributed by atoms with van der Waals surface area (Å²) in [5, 5.41) is 14.5. The average Bonchev–Trinajstić information content (AvgIpc) is 2.83. The Kier molecular flexibility index (Phi) is 9.13. The van der Waals surface area contributed by atoms with Crippen LogP contribution in [0.5, 0.6) is 0 Å². The van der Waals surface area contributed by atoms with Crippen molar-refractivity contribution in [2.75, 3.05) is 10.6 Å². The summed E-state index contributed by atoms with van der Waals surface area (Å²) in [6, 6.07) is 21.0. The topological polar surface area (TPSA) is 95.5 Å². The van der Waals surface area contributed by atoms with Gasteiger partial charge in [0.25, 0.3) is 0 Å². The molecule has 3 rings (SSSR count). The maximum atomic E-state index is 13.3. The Balaban J connectivity index is 1.82. The Hall–Kier alpha value is -3.29. The summed E-state index contributed by atoms with van der Waals surface area (Å²) in [7, 11) is 0. The van der Waals surface area contributed by atoms with Gasteiger partial charge < -0.3 is 15.7 Å². The van der Waals surface area contributed by atoms with Gasteiger partial charge in [-0.2, -0.15) is 0 Å². The lowest BCUT2D eigenvalue weighted by molar-refractivity contribution is -0.116. The van der Waals surface area contributed by atoms with Gasteiger partial charge in [-0.05, 0) is 48.4 Å². The highest BCUT2D eigenvalue weighted by molar-refractivity contribution is 8.00. The number of carbonyl (C=O) groups excluding carboxylic acids is 2. The van der Waals surface area contributed by atoms with Gasteiger partial charge in [0.15, 0.2) is 0 Å². The Labute approximate surface area is 207 Å². The molecule has 1 atom stereocenters. The van der Waals surface area contributed by atoms with Crippen LogP contribution in [0, 0.1) is 0 Å². The highest BCUT2D eigenvalue weighted by Gasteiger charge is 2.23. The van der Waals surface area contributed by atoms with Gasteiger partial charge in [-0.1, -0.05) is 61.3 Å². The lowest BCUT2D eigenvalue weighted by Crippen LogP contribution is -2.19. The van der Waals surface area contributed by atoms with E-state index in [1.165, 1.54) is 23.9 Å². The van der Waals surface area contributed by atoms with E-state index in [1.807, 2.05) is 61.5 Å². The van der Waals surface area contributed by atoms with Crippen molar-refractivity contribution >= 4 is 52.5 Å². The summed E-state index contributed by atoms with van der Waals surface area (Å²) in [4.78, 5) is 37.6. The lowest BCUT2D eigenvalue weighted by atomic mass is 10.1. The molecule has 34 heavy (non-hydrogen) atoms. The molecule has 2 amide bonds. The van der Waals surface area contributed by atoms with Gasteiger partial charge in [0, 0.05) is 22.7 Å². The Bertz CT molecular complexity index is 1170. The fourth-order valence-corrected chi connectivity index (χ4v) is 4.50. The molecule has 0 saturated carbocycles. The first kappa shape index (κ1) is 25.3. The summed E-state index contributed by atoms with van der Waals surface area (Å²) in [5.74, 6) is -1.53. The molecule has 3 N–H and O–H groups in total. The Morgan fingerprint density at radius 3 is 2.38 bits per heavy atom. The van der Waals surface area contributed by atoms with Crippen LogP contribution in [0.3, 0.4) is 0 Å². The second kappa shape index (κ2) is 12.3. The smallest absolute Gasteiger partial charge is 0.337 e. The summed E-state index contributed by atoms with van der Waals surface area (Å²) >= 11 is 7.28. The number of carboxylic acids is 1. The molecule has 0 heterocycles. The zero-order valence-electron chi connectivity index (χ0n) is 18.6. The van der Waals surface area contributed by atoms with Crippen molar-refractivity contribution in [3.8, 4) is 0 Å². The van der Waals surface area contributed by atoms with Gasteiger partial charge in [-0.15, -0.1) is 11.8 Å². The van der Waals surface area contributed by atoms with E-state index in [0.29, 0.717) is 17.8 Å². The number of aromatic carboxylic acids is 1. The van der Waals surface area contributed by atoms with Crippen molar-refractivity contribution in [2.24, 2.45) is 0 Å². The SMILES string of the molecule is CCCCC(=O)Nc1cccc(SC(C(=O)Nc2ccc(Cl)c(C(=O)O)c2)c2ccccc2)c1. The lowest BCUT2D eigenvalue weighted by Gasteiger charge is -2.18. The minimum Gasteiger partial charge on any atom is -0.478 e. The van der Waals surface area contributed by atoms with E-state index in [1.54, 1.807) is 6.07 Å². The van der Waals surface area contributed by atoms with Crippen molar-refractivity contribution in [2.45, 2.75) is 36.3 Å². The molecule has 0 aliphatic heterocycles. The number of halogens is 1.